The second kappa shape index (κ2) is 11.3. The van der Waals surface area contributed by atoms with Crippen LogP contribution in [0.1, 0.15) is 29.2 Å². The van der Waals surface area contributed by atoms with Crippen LogP contribution in [-0.2, 0) is 11.2 Å². The van der Waals surface area contributed by atoms with E-state index in [4.69, 9.17) is 9.47 Å². The van der Waals surface area contributed by atoms with E-state index in [1.165, 1.54) is 5.56 Å². The highest BCUT2D eigenvalue weighted by atomic mass is 16.5. The van der Waals surface area contributed by atoms with Crippen LogP contribution in [0.3, 0.4) is 0 Å². The van der Waals surface area contributed by atoms with Crippen molar-refractivity contribution in [1.29, 1.82) is 0 Å². The molecule has 0 radical (unpaired) electrons. The Hall–Kier alpha value is -3.68. The minimum absolute atomic E-state index is 0.0321. The first-order valence-electron chi connectivity index (χ1n) is 11.0. The molecule has 1 saturated heterocycles. The molecule has 7 heteroatoms. The third kappa shape index (κ3) is 6.41. The number of carbonyl (C=O) groups is 1. The molecule has 33 heavy (non-hydrogen) atoms. The summed E-state index contributed by atoms with van der Waals surface area (Å²) in [5.41, 5.74) is 12.1. The highest BCUT2D eigenvalue weighted by Crippen LogP contribution is 2.24. The van der Waals surface area contributed by atoms with Gasteiger partial charge in [-0.25, -0.2) is 16.3 Å². The van der Waals surface area contributed by atoms with Crippen LogP contribution in [0, 0.1) is 0 Å². The molecule has 2 atom stereocenters. The smallest absolute Gasteiger partial charge is 0.258 e. The number of benzene rings is 3. The number of nitrogens with one attached hydrogen (secondary N) is 3. The summed E-state index contributed by atoms with van der Waals surface area (Å²) in [5, 5.41) is 4.05. The van der Waals surface area contributed by atoms with E-state index >= 15 is 0 Å². The lowest BCUT2D eigenvalue weighted by Gasteiger charge is -2.11. The Morgan fingerprint density at radius 1 is 1.00 bits per heavy atom. The number of hydrogen-bond acceptors (Lipinski definition) is 6. The van der Waals surface area contributed by atoms with Crippen LogP contribution in [0.25, 0.3) is 0 Å². The Balaban J connectivity index is 1.22. The van der Waals surface area contributed by atoms with Gasteiger partial charge in [0, 0.05) is 12.5 Å². The normalized spacial score (nSPS) is 17.7. The van der Waals surface area contributed by atoms with Crippen LogP contribution in [0.2, 0.25) is 0 Å². The molecule has 1 fully saturated rings. The number of hydrogen-bond donors (Lipinski definition) is 3. The van der Waals surface area contributed by atoms with Gasteiger partial charge in [0.25, 0.3) is 5.91 Å². The average Bonchev–Trinajstić information content (AvgIpc) is 3.36. The Kier molecular flexibility index (Phi) is 7.68. The van der Waals surface area contributed by atoms with E-state index in [0.29, 0.717) is 13.0 Å². The maximum atomic E-state index is 12.4. The second-order valence-corrected chi connectivity index (χ2v) is 7.79. The van der Waals surface area contributed by atoms with Gasteiger partial charge in [-0.15, -0.1) is 0 Å². The molecule has 0 saturated carbocycles. The molecule has 170 valence electrons. The minimum atomic E-state index is -0.371. The third-order valence-corrected chi connectivity index (χ3v) is 5.51. The molecule has 3 aromatic rings. The van der Waals surface area contributed by atoms with Gasteiger partial charge in [0.1, 0.15) is 17.5 Å². The van der Waals surface area contributed by atoms with Gasteiger partial charge in [-0.2, -0.15) is 5.10 Å². The zero-order valence-electron chi connectivity index (χ0n) is 18.5. The average molecular weight is 445 g/mol. The molecule has 7 nitrogen and oxygen atoms in total. The summed E-state index contributed by atoms with van der Waals surface area (Å²) in [6.07, 6.45) is 3.10. The largest absolute Gasteiger partial charge is 0.497 e. The van der Waals surface area contributed by atoms with Gasteiger partial charge in [-0.05, 0) is 59.5 Å². The van der Waals surface area contributed by atoms with Crippen LogP contribution in [0.4, 0.5) is 0 Å². The highest BCUT2D eigenvalue weighted by Gasteiger charge is 2.30. The number of ether oxygens (including phenoxy) is 2. The van der Waals surface area contributed by atoms with E-state index in [1.54, 1.807) is 13.3 Å². The number of amides is 1. The number of hydrazone groups is 1. The van der Waals surface area contributed by atoms with E-state index in [0.717, 1.165) is 29.0 Å². The van der Waals surface area contributed by atoms with Gasteiger partial charge in [-0.1, -0.05) is 42.5 Å². The predicted octanol–water partition coefficient (Wildman–Crippen LogP) is 3.37. The van der Waals surface area contributed by atoms with Gasteiger partial charge in [0.2, 0.25) is 0 Å². The van der Waals surface area contributed by atoms with Crippen molar-refractivity contribution in [3.8, 4) is 11.5 Å². The first-order valence-corrected chi connectivity index (χ1v) is 11.0. The quantitative estimate of drug-likeness (QED) is 0.348. The van der Waals surface area contributed by atoms with Gasteiger partial charge in [-0.3, -0.25) is 4.79 Å². The summed E-state index contributed by atoms with van der Waals surface area (Å²) in [5.74, 6) is 1.42. The Labute approximate surface area is 193 Å². The molecule has 0 spiro atoms. The summed E-state index contributed by atoms with van der Waals surface area (Å²) < 4.78 is 11.0. The summed E-state index contributed by atoms with van der Waals surface area (Å²) in [7, 11) is 1.62. The number of rotatable bonds is 9. The highest BCUT2D eigenvalue weighted by molar-refractivity contribution is 5.85. The number of nitrogens with zero attached hydrogens (tertiary/aromatic N) is 1. The zero-order valence-corrected chi connectivity index (χ0v) is 18.5. The van der Waals surface area contributed by atoms with Gasteiger partial charge in [0.15, 0.2) is 0 Å². The SMILES string of the molecule is COc1ccc(/C=N/NC(=O)C2CC(c3ccc(OCCc4ccccc4)cc3)NN2)cc1. The lowest BCUT2D eigenvalue weighted by molar-refractivity contribution is -0.122. The van der Waals surface area contributed by atoms with Gasteiger partial charge >= 0.3 is 0 Å². The molecular formula is C26H28N4O3. The Morgan fingerprint density at radius 3 is 2.45 bits per heavy atom. The van der Waals surface area contributed by atoms with Crippen molar-refractivity contribution in [1.82, 2.24) is 16.3 Å². The van der Waals surface area contributed by atoms with E-state index in [1.807, 2.05) is 66.7 Å². The van der Waals surface area contributed by atoms with Gasteiger partial charge < -0.3 is 9.47 Å². The molecule has 1 aliphatic rings. The molecule has 0 aromatic heterocycles. The van der Waals surface area contributed by atoms with Crippen molar-refractivity contribution >= 4 is 12.1 Å². The van der Waals surface area contributed by atoms with Crippen LogP contribution in [0.5, 0.6) is 11.5 Å². The Morgan fingerprint density at radius 2 is 1.73 bits per heavy atom. The molecule has 1 aliphatic heterocycles. The fraction of sp³-hybridized carbons (Fsp3) is 0.231. The summed E-state index contributed by atoms with van der Waals surface area (Å²) in [6, 6.07) is 25.4. The predicted molar refractivity (Wildman–Crippen MR) is 128 cm³/mol. The second-order valence-electron chi connectivity index (χ2n) is 7.79. The minimum Gasteiger partial charge on any atom is -0.497 e. The molecule has 0 bridgehead atoms. The molecule has 0 aliphatic carbocycles. The van der Waals surface area contributed by atoms with Crippen LogP contribution in [-0.4, -0.2) is 31.9 Å². The standard InChI is InChI=1S/C26H28N4O3/c1-32-22-11-7-20(8-12-22)18-27-30-26(31)25-17-24(28-29-25)21-9-13-23(14-10-21)33-16-15-19-5-3-2-4-6-19/h2-14,18,24-25,28-29H,15-17H2,1H3,(H,30,31)/b27-18+. The summed E-state index contributed by atoms with van der Waals surface area (Å²) >= 11 is 0. The monoisotopic (exact) mass is 444 g/mol. The fourth-order valence-corrected chi connectivity index (χ4v) is 3.61. The molecule has 4 rings (SSSR count). The number of methoxy groups -OCH3 is 1. The van der Waals surface area contributed by atoms with E-state index < -0.39 is 0 Å². The first kappa shape index (κ1) is 22.5. The van der Waals surface area contributed by atoms with Crippen molar-refractivity contribution < 1.29 is 14.3 Å². The molecule has 1 heterocycles. The molecular weight excluding hydrogens is 416 g/mol. The van der Waals surface area contributed by atoms with E-state index in [2.05, 4.69) is 33.5 Å². The van der Waals surface area contributed by atoms with Crippen LogP contribution in [0.15, 0.2) is 84.0 Å². The molecule has 1 amide bonds. The fourth-order valence-electron chi connectivity index (χ4n) is 3.61. The lowest BCUT2D eigenvalue weighted by Crippen LogP contribution is -2.41. The van der Waals surface area contributed by atoms with E-state index in [9.17, 15) is 4.79 Å². The molecule has 3 aromatic carbocycles. The van der Waals surface area contributed by atoms with Crippen molar-refractivity contribution in [2.75, 3.05) is 13.7 Å². The van der Waals surface area contributed by atoms with Crippen molar-refractivity contribution in [2.45, 2.75) is 24.9 Å². The topological polar surface area (TPSA) is 84.0 Å². The Bertz CT molecular complexity index is 1050. The lowest BCUT2D eigenvalue weighted by atomic mass is 10.0. The van der Waals surface area contributed by atoms with E-state index in [-0.39, 0.29) is 18.0 Å². The van der Waals surface area contributed by atoms with Crippen molar-refractivity contribution in [3.63, 3.8) is 0 Å². The summed E-state index contributed by atoms with van der Waals surface area (Å²) in [6.45, 7) is 0.631. The number of carbonyl (C=O) groups excluding carboxylic acids is 1. The maximum absolute atomic E-state index is 12.4. The maximum Gasteiger partial charge on any atom is 0.258 e. The van der Waals surface area contributed by atoms with Crippen molar-refractivity contribution in [3.05, 3.63) is 95.6 Å². The first-order chi connectivity index (χ1) is 16.2. The van der Waals surface area contributed by atoms with Gasteiger partial charge in [0.05, 0.1) is 19.9 Å². The van der Waals surface area contributed by atoms with Crippen LogP contribution >= 0.6 is 0 Å². The molecule has 2 unspecified atom stereocenters. The third-order valence-electron chi connectivity index (χ3n) is 5.51. The molecule has 3 N–H and O–H groups in total. The van der Waals surface area contributed by atoms with Crippen LogP contribution < -0.4 is 25.8 Å². The summed E-state index contributed by atoms with van der Waals surface area (Å²) in [4.78, 5) is 12.4. The van der Waals surface area contributed by atoms with Crippen molar-refractivity contribution in [2.24, 2.45) is 5.10 Å². The zero-order chi connectivity index (χ0) is 22.9. The number of hydrazine groups is 1.